The smallest absolute Gasteiger partial charge is 0.0718 e. The predicted molar refractivity (Wildman–Crippen MR) is 54.2 cm³/mol. The molecule has 0 aromatic rings. The van der Waals surface area contributed by atoms with E-state index < -0.39 is 5.60 Å². The Kier molecular flexibility index (Phi) is 3.77. The SMILES string of the molecule is CCC(C)(C)C(O)(CC)C(C)C. The maximum Gasteiger partial charge on any atom is 0.0718 e. The fraction of sp³-hybridized carbons (Fsp3) is 1.00. The van der Waals surface area contributed by atoms with Gasteiger partial charge in [-0.05, 0) is 24.2 Å². The third-order valence-electron chi connectivity index (χ3n) is 3.55. The molecule has 0 bridgehead atoms. The molecule has 1 atom stereocenters. The summed E-state index contributed by atoms with van der Waals surface area (Å²) in [6, 6.07) is 0. The first-order chi connectivity index (χ1) is 5.31. The summed E-state index contributed by atoms with van der Waals surface area (Å²) >= 11 is 0. The highest BCUT2D eigenvalue weighted by Crippen LogP contribution is 2.41. The molecule has 1 nitrogen and oxygen atoms in total. The Morgan fingerprint density at radius 3 is 1.58 bits per heavy atom. The Hall–Kier alpha value is -0.0400. The summed E-state index contributed by atoms with van der Waals surface area (Å²) < 4.78 is 0. The monoisotopic (exact) mass is 172 g/mol. The Labute approximate surface area is 77.2 Å². The lowest BCUT2D eigenvalue weighted by molar-refractivity contribution is -0.107. The third kappa shape index (κ3) is 1.82. The summed E-state index contributed by atoms with van der Waals surface area (Å²) in [4.78, 5) is 0. The number of aliphatic hydroxyl groups is 1. The predicted octanol–water partition coefficient (Wildman–Crippen LogP) is 3.22. The minimum Gasteiger partial charge on any atom is -0.389 e. The minimum atomic E-state index is -0.512. The van der Waals surface area contributed by atoms with Crippen LogP contribution in [0.3, 0.4) is 0 Å². The maximum atomic E-state index is 10.4. The van der Waals surface area contributed by atoms with E-state index in [0.717, 1.165) is 12.8 Å². The van der Waals surface area contributed by atoms with Crippen LogP contribution in [0.25, 0.3) is 0 Å². The van der Waals surface area contributed by atoms with Crippen molar-refractivity contribution in [2.24, 2.45) is 11.3 Å². The molecule has 74 valence electrons. The van der Waals surface area contributed by atoms with Gasteiger partial charge in [-0.3, -0.25) is 0 Å². The van der Waals surface area contributed by atoms with Gasteiger partial charge in [0.1, 0.15) is 0 Å². The van der Waals surface area contributed by atoms with E-state index in [1.165, 1.54) is 0 Å². The maximum absolute atomic E-state index is 10.4. The number of hydrogen-bond acceptors (Lipinski definition) is 1. The van der Waals surface area contributed by atoms with Crippen molar-refractivity contribution in [2.45, 2.75) is 60.0 Å². The second kappa shape index (κ2) is 3.78. The van der Waals surface area contributed by atoms with Crippen molar-refractivity contribution < 1.29 is 5.11 Å². The average Bonchev–Trinajstić information content (AvgIpc) is 2.02. The average molecular weight is 172 g/mol. The largest absolute Gasteiger partial charge is 0.389 e. The van der Waals surface area contributed by atoms with Crippen molar-refractivity contribution in [3.8, 4) is 0 Å². The van der Waals surface area contributed by atoms with Gasteiger partial charge in [-0.15, -0.1) is 0 Å². The highest BCUT2D eigenvalue weighted by Gasteiger charge is 2.42. The molecule has 1 heteroatoms. The van der Waals surface area contributed by atoms with Gasteiger partial charge in [0.2, 0.25) is 0 Å². The van der Waals surface area contributed by atoms with E-state index in [9.17, 15) is 5.11 Å². The van der Waals surface area contributed by atoms with E-state index in [2.05, 4.69) is 41.5 Å². The zero-order valence-corrected chi connectivity index (χ0v) is 9.44. The van der Waals surface area contributed by atoms with Crippen LogP contribution in [0.2, 0.25) is 0 Å². The quantitative estimate of drug-likeness (QED) is 0.690. The Morgan fingerprint density at radius 2 is 1.50 bits per heavy atom. The molecule has 0 saturated heterocycles. The molecule has 0 aliphatic carbocycles. The first-order valence-corrected chi connectivity index (χ1v) is 5.04. The lowest BCUT2D eigenvalue weighted by atomic mass is 9.66. The molecule has 0 fully saturated rings. The molecule has 0 spiro atoms. The highest BCUT2D eigenvalue weighted by atomic mass is 16.3. The fourth-order valence-electron chi connectivity index (χ4n) is 1.97. The van der Waals surface area contributed by atoms with Crippen LogP contribution >= 0.6 is 0 Å². The van der Waals surface area contributed by atoms with Crippen LogP contribution in [-0.2, 0) is 0 Å². The van der Waals surface area contributed by atoms with Gasteiger partial charge in [0.05, 0.1) is 5.60 Å². The summed E-state index contributed by atoms with van der Waals surface area (Å²) in [5, 5.41) is 10.4. The standard InChI is InChI=1S/C11H24O/c1-7-10(5,6)11(12,8-2)9(3)4/h9,12H,7-8H2,1-6H3. The summed E-state index contributed by atoms with van der Waals surface area (Å²) in [6.07, 6.45) is 1.86. The normalized spacial score (nSPS) is 18.0. The van der Waals surface area contributed by atoms with E-state index in [1.807, 2.05) is 0 Å². The lowest BCUT2D eigenvalue weighted by Crippen LogP contribution is -2.48. The van der Waals surface area contributed by atoms with Crippen molar-refractivity contribution in [3.63, 3.8) is 0 Å². The zero-order valence-electron chi connectivity index (χ0n) is 9.44. The van der Waals surface area contributed by atoms with Crippen molar-refractivity contribution >= 4 is 0 Å². The molecular weight excluding hydrogens is 148 g/mol. The number of hydrogen-bond donors (Lipinski definition) is 1. The van der Waals surface area contributed by atoms with Crippen molar-refractivity contribution in [1.82, 2.24) is 0 Å². The molecular formula is C11H24O. The van der Waals surface area contributed by atoms with E-state index in [-0.39, 0.29) is 5.41 Å². The first kappa shape index (κ1) is 12.0. The van der Waals surface area contributed by atoms with Gasteiger partial charge >= 0.3 is 0 Å². The molecule has 0 saturated carbocycles. The van der Waals surface area contributed by atoms with E-state index >= 15 is 0 Å². The van der Waals surface area contributed by atoms with Gasteiger partial charge in [0, 0.05) is 0 Å². The molecule has 0 heterocycles. The van der Waals surface area contributed by atoms with E-state index in [1.54, 1.807) is 0 Å². The molecule has 0 aromatic heterocycles. The fourth-order valence-corrected chi connectivity index (χ4v) is 1.97. The van der Waals surface area contributed by atoms with Gasteiger partial charge in [-0.2, -0.15) is 0 Å². The molecule has 0 amide bonds. The molecule has 1 unspecified atom stereocenters. The molecule has 0 aromatic carbocycles. The lowest BCUT2D eigenvalue weighted by Gasteiger charge is -2.45. The molecule has 1 N–H and O–H groups in total. The summed E-state index contributed by atoms with van der Waals surface area (Å²) in [5.41, 5.74) is -0.488. The molecule has 0 rings (SSSR count). The van der Waals surface area contributed by atoms with Crippen molar-refractivity contribution in [2.75, 3.05) is 0 Å². The summed E-state index contributed by atoms with van der Waals surface area (Å²) in [6.45, 7) is 12.7. The van der Waals surface area contributed by atoms with Crippen LogP contribution in [-0.4, -0.2) is 10.7 Å². The Bertz CT molecular complexity index is 138. The van der Waals surface area contributed by atoms with Gasteiger partial charge in [-0.25, -0.2) is 0 Å². The second-order valence-electron chi connectivity index (χ2n) is 4.67. The minimum absolute atomic E-state index is 0.0237. The van der Waals surface area contributed by atoms with Crippen LogP contribution in [0.15, 0.2) is 0 Å². The highest BCUT2D eigenvalue weighted by molar-refractivity contribution is 4.93. The third-order valence-corrected chi connectivity index (χ3v) is 3.55. The van der Waals surface area contributed by atoms with Gasteiger partial charge in [0.25, 0.3) is 0 Å². The molecule has 12 heavy (non-hydrogen) atoms. The van der Waals surface area contributed by atoms with E-state index in [4.69, 9.17) is 0 Å². The van der Waals surface area contributed by atoms with Gasteiger partial charge in [-0.1, -0.05) is 41.5 Å². The zero-order chi connectivity index (χ0) is 9.99. The van der Waals surface area contributed by atoms with Gasteiger partial charge in [0.15, 0.2) is 0 Å². The van der Waals surface area contributed by atoms with Crippen LogP contribution in [0.4, 0.5) is 0 Å². The van der Waals surface area contributed by atoms with E-state index in [0.29, 0.717) is 5.92 Å². The van der Waals surface area contributed by atoms with Gasteiger partial charge < -0.3 is 5.11 Å². The topological polar surface area (TPSA) is 20.2 Å². The molecule has 0 radical (unpaired) electrons. The number of rotatable bonds is 4. The summed E-state index contributed by atoms with van der Waals surface area (Å²) in [5.74, 6) is 0.331. The second-order valence-corrected chi connectivity index (χ2v) is 4.67. The Morgan fingerprint density at radius 1 is 1.08 bits per heavy atom. The van der Waals surface area contributed by atoms with Crippen LogP contribution in [0.5, 0.6) is 0 Å². The van der Waals surface area contributed by atoms with Crippen molar-refractivity contribution in [1.29, 1.82) is 0 Å². The van der Waals surface area contributed by atoms with Crippen LogP contribution in [0.1, 0.15) is 54.4 Å². The van der Waals surface area contributed by atoms with Crippen LogP contribution < -0.4 is 0 Å². The summed E-state index contributed by atoms with van der Waals surface area (Å²) in [7, 11) is 0. The van der Waals surface area contributed by atoms with Crippen molar-refractivity contribution in [3.05, 3.63) is 0 Å². The Balaban J connectivity index is 4.74. The first-order valence-electron chi connectivity index (χ1n) is 5.04. The molecule has 0 aliphatic heterocycles. The van der Waals surface area contributed by atoms with Crippen LogP contribution in [0, 0.1) is 11.3 Å². The molecule has 0 aliphatic rings.